The summed E-state index contributed by atoms with van der Waals surface area (Å²) in [6.07, 6.45) is 3.67. The quantitative estimate of drug-likeness (QED) is 0.897. The molecule has 0 spiro atoms. The van der Waals surface area contributed by atoms with Crippen molar-refractivity contribution >= 4 is 21.8 Å². The van der Waals surface area contributed by atoms with E-state index >= 15 is 0 Å². The van der Waals surface area contributed by atoms with E-state index < -0.39 is 0 Å². The summed E-state index contributed by atoms with van der Waals surface area (Å²) in [6, 6.07) is 8.03. The van der Waals surface area contributed by atoms with Gasteiger partial charge in [0.2, 0.25) is 5.91 Å². The van der Waals surface area contributed by atoms with Gasteiger partial charge in [-0.15, -0.1) is 0 Å². The number of rotatable bonds is 5. The SMILES string of the molecule is CN(CC(O)C1CC1)C(=O)C1(c2ccc(Br)cc2)CC1. The van der Waals surface area contributed by atoms with Crippen LogP contribution in [0.2, 0.25) is 0 Å². The predicted octanol–water partition coefficient (Wildman–Crippen LogP) is 2.71. The predicted molar refractivity (Wildman–Crippen MR) is 81.4 cm³/mol. The Morgan fingerprint density at radius 1 is 1.40 bits per heavy atom. The summed E-state index contributed by atoms with van der Waals surface area (Å²) >= 11 is 3.43. The Balaban J connectivity index is 1.70. The van der Waals surface area contributed by atoms with Gasteiger partial charge in [-0.3, -0.25) is 4.79 Å². The zero-order valence-electron chi connectivity index (χ0n) is 11.7. The molecule has 1 unspecified atom stereocenters. The molecule has 0 saturated heterocycles. The van der Waals surface area contributed by atoms with Gasteiger partial charge in [0.05, 0.1) is 11.5 Å². The number of likely N-dealkylation sites (N-methyl/N-ethyl adjacent to an activating group) is 1. The second-order valence-corrected chi connectivity index (χ2v) is 7.10. The third kappa shape index (κ3) is 2.63. The number of benzene rings is 1. The zero-order valence-corrected chi connectivity index (χ0v) is 13.3. The summed E-state index contributed by atoms with van der Waals surface area (Å²) in [7, 11) is 1.81. The number of amides is 1. The molecule has 2 aliphatic rings. The molecular formula is C16H20BrNO2. The van der Waals surface area contributed by atoms with E-state index in [2.05, 4.69) is 15.9 Å². The second kappa shape index (κ2) is 5.15. The molecule has 1 aromatic carbocycles. The summed E-state index contributed by atoms with van der Waals surface area (Å²) in [5.74, 6) is 0.563. The van der Waals surface area contributed by atoms with Gasteiger partial charge >= 0.3 is 0 Å². The lowest BCUT2D eigenvalue weighted by atomic mass is 9.94. The Hall–Kier alpha value is -0.870. The normalized spacial score (nSPS) is 21.4. The van der Waals surface area contributed by atoms with Gasteiger partial charge in [-0.05, 0) is 49.3 Å². The van der Waals surface area contributed by atoms with Crippen molar-refractivity contribution in [2.24, 2.45) is 5.92 Å². The van der Waals surface area contributed by atoms with Gasteiger partial charge < -0.3 is 10.0 Å². The van der Waals surface area contributed by atoms with Crippen LogP contribution in [0, 0.1) is 5.92 Å². The van der Waals surface area contributed by atoms with Crippen LogP contribution in [0.4, 0.5) is 0 Å². The summed E-state index contributed by atoms with van der Waals surface area (Å²) in [5, 5.41) is 10.0. The van der Waals surface area contributed by atoms with Crippen LogP contribution in [0.5, 0.6) is 0 Å². The van der Waals surface area contributed by atoms with Gasteiger partial charge in [0, 0.05) is 18.1 Å². The Bertz CT molecular complexity index is 506. The summed E-state index contributed by atoms with van der Waals surface area (Å²) in [5.41, 5.74) is 0.761. The number of aliphatic hydroxyl groups excluding tert-OH is 1. The first-order valence-corrected chi connectivity index (χ1v) is 8.02. The maximum atomic E-state index is 12.7. The minimum Gasteiger partial charge on any atom is -0.391 e. The smallest absolute Gasteiger partial charge is 0.233 e. The van der Waals surface area contributed by atoms with E-state index in [1.165, 1.54) is 0 Å². The Kier molecular flexibility index (Phi) is 3.63. The summed E-state index contributed by atoms with van der Waals surface area (Å²) < 4.78 is 1.03. The summed E-state index contributed by atoms with van der Waals surface area (Å²) in [6.45, 7) is 0.460. The molecule has 0 heterocycles. The number of hydrogen-bond acceptors (Lipinski definition) is 2. The third-order valence-corrected chi connectivity index (χ3v) is 5.06. The van der Waals surface area contributed by atoms with Crippen LogP contribution in [0.3, 0.4) is 0 Å². The highest BCUT2D eigenvalue weighted by Crippen LogP contribution is 2.49. The number of carbonyl (C=O) groups is 1. The second-order valence-electron chi connectivity index (χ2n) is 6.18. The first kappa shape index (κ1) is 14.1. The number of nitrogens with zero attached hydrogens (tertiary/aromatic N) is 1. The van der Waals surface area contributed by atoms with Crippen molar-refractivity contribution in [1.82, 2.24) is 4.90 Å². The molecule has 1 N–H and O–H groups in total. The number of carbonyl (C=O) groups excluding carboxylic acids is 1. The van der Waals surface area contributed by atoms with Crippen molar-refractivity contribution in [2.75, 3.05) is 13.6 Å². The molecule has 0 bridgehead atoms. The molecular weight excluding hydrogens is 318 g/mol. The zero-order chi connectivity index (χ0) is 14.3. The van der Waals surface area contributed by atoms with Gasteiger partial charge in [0.15, 0.2) is 0 Å². The average molecular weight is 338 g/mol. The number of aliphatic hydroxyl groups is 1. The maximum absolute atomic E-state index is 12.7. The van der Waals surface area contributed by atoms with E-state index in [1.807, 2.05) is 31.3 Å². The molecule has 108 valence electrons. The fraction of sp³-hybridized carbons (Fsp3) is 0.562. The van der Waals surface area contributed by atoms with Crippen molar-refractivity contribution in [1.29, 1.82) is 0 Å². The molecule has 1 atom stereocenters. The van der Waals surface area contributed by atoms with E-state index in [1.54, 1.807) is 4.90 Å². The molecule has 20 heavy (non-hydrogen) atoms. The lowest BCUT2D eigenvalue weighted by Crippen LogP contribution is -2.41. The van der Waals surface area contributed by atoms with Crippen LogP contribution in [0.25, 0.3) is 0 Å². The van der Waals surface area contributed by atoms with Crippen molar-refractivity contribution < 1.29 is 9.90 Å². The molecule has 3 rings (SSSR count). The molecule has 0 radical (unpaired) electrons. The molecule has 1 aromatic rings. The highest BCUT2D eigenvalue weighted by Gasteiger charge is 2.52. The van der Waals surface area contributed by atoms with Crippen LogP contribution >= 0.6 is 15.9 Å². The molecule has 4 heteroatoms. The Morgan fingerprint density at radius 2 is 2.00 bits per heavy atom. The van der Waals surface area contributed by atoms with Crippen LogP contribution in [0.15, 0.2) is 28.7 Å². The monoisotopic (exact) mass is 337 g/mol. The standard InChI is InChI=1S/C16H20BrNO2/c1-18(10-14(19)11-2-3-11)15(20)16(8-9-16)12-4-6-13(17)7-5-12/h4-7,11,14,19H,2-3,8-10H2,1H3. The van der Waals surface area contributed by atoms with Gasteiger partial charge in [-0.25, -0.2) is 0 Å². The van der Waals surface area contributed by atoms with E-state index in [0.29, 0.717) is 12.5 Å². The number of hydrogen-bond donors (Lipinski definition) is 1. The van der Waals surface area contributed by atoms with E-state index in [0.717, 1.165) is 35.7 Å². The Labute approximate surface area is 128 Å². The van der Waals surface area contributed by atoms with E-state index in [9.17, 15) is 9.90 Å². The van der Waals surface area contributed by atoms with Crippen LogP contribution < -0.4 is 0 Å². The Morgan fingerprint density at radius 3 is 2.50 bits per heavy atom. The minimum atomic E-state index is -0.357. The first-order valence-electron chi connectivity index (χ1n) is 7.22. The molecule has 0 aromatic heterocycles. The molecule has 2 aliphatic carbocycles. The first-order chi connectivity index (χ1) is 9.53. The van der Waals surface area contributed by atoms with Gasteiger partial charge in [0.25, 0.3) is 0 Å². The fourth-order valence-electron chi connectivity index (χ4n) is 2.88. The maximum Gasteiger partial charge on any atom is 0.233 e. The van der Waals surface area contributed by atoms with Crippen molar-refractivity contribution in [3.8, 4) is 0 Å². The van der Waals surface area contributed by atoms with Crippen LogP contribution in [-0.2, 0) is 10.2 Å². The number of halogens is 1. The molecule has 2 fully saturated rings. The molecule has 3 nitrogen and oxygen atoms in total. The topological polar surface area (TPSA) is 40.5 Å². The lowest BCUT2D eigenvalue weighted by Gasteiger charge is -2.26. The van der Waals surface area contributed by atoms with Crippen molar-refractivity contribution in [2.45, 2.75) is 37.2 Å². The molecule has 2 saturated carbocycles. The fourth-order valence-corrected chi connectivity index (χ4v) is 3.14. The highest BCUT2D eigenvalue weighted by molar-refractivity contribution is 9.10. The highest BCUT2D eigenvalue weighted by atomic mass is 79.9. The van der Waals surface area contributed by atoms with Crippen molar-refractivity contribution in [3.05, 3.63) is 34.3 Å². The van der Waals surface area contributed by atoms with Crippen LogP contribution in [-0.4, -0.2) is 35.6 Å². The average Bonchev–Trinajstić information content (AvgIpc) is 3.29. The molecule has 1 amide bonds. The molecule has 0 aliphatic heterocycles. The van der Waals surface area contributed by atoms with Gasteiger partial charge in [0.1, 0.15) is 0 Å². The third-order valence-electron chi connectivity index (χ3n) is 4.53. The van der Waals surface area contributed by atoms with Crippen molar-refractivity contribution in [3.63, 3.8) is 0 Å². The van der Waals surface area contributed by atoms with E-state index in [4.69, 9.17) is 0 Å². The minimum absolute atomic E-state index is 0.152. The summed E-state index contributed by atoms with van der Waals surface area (Å²) in [4.78, 5) is 14.4. The van der Waals surface area contributed by atoms with Crippen LogP contribution in [0.1, 0.15) is 31.2 Å². The largest absolute Gasteiger partial charge is 0.391 e. The van der Waals surface area contributed by atoms with Gasteiger partial charge in [-0.2, -0.15) is 0 Å². The lowest BCUT2D eigenvalue weighted by molar-refractivity contribution is -0.134. The van der Waals surface area contributed by atoms with Gasteiger partial charge in [-0.1, -0.05) is 28.1 Å². The van der Waals surface area contributed by atoms with E-state index in [-0.39, 0.29) is 17.4 Å².